The number of furan rings is 1. The Labute approximate surface area is 109 Å². The third kappa shape index (κ3) is 2.16. The van der Waals surface area contributed by atoms with Crippen molar-refractivity contribution < 1.29 is 14.3 Å². The van der Waals surface area contributed by atoms with Crippen LogP contribution in [0.15, 0.2) is 46.9 Å². The van der Waals surface area contributed by atoms with Crippen LogP contribution in [0.5, 0.6) is 0 Å². The molecule has 0 aliphatic rings. The van der Waals surface area contributed by atoms with Crippen LogP contribution in [0.4, 0.5) is 0 Å². The van der Waals surface area contributed by atoms with Gasteiger partial charge in [0, 0.05) is 16.3 Å². The molecule has 3 aromatic rings. The maximum absolute atomic E-state index is 10.4. The molecular formula is C16H10O3. The number of aliphatic carboxylic acids is 1. The predicted octanol–water partition coefficient (Wildman–Crippen LogP) is 3.41. The summed E-state index contributed by atoms with van der Waals surface area (Å²) in [5.41, 5.74) is 2.44. The topological polar surface area (TPSA) is 50.4 Å². The summed E-state index contributed by atoms with van der Waals surface area (Å²) in [5.74, 6) is 4.56. The quantitative estimate of drug-likeness (QED) is 0.673. The van der Waals surface area contributed by atoms with Gasteiger partial charge < -0.3 is 9.52 Å². The zero-order valence-corrected chi connectivity index (χ0v) is 10.0. The van der Waals surface area contributed by atoms with E-state index < -0.39 is 5.97 Å². The minimum atomic E-state index is -0.915. The van der Waals surface area contributed by atoms with E-state index in [0.29, 0.717) is 0 Å². The molecule has 0 aliphatic heterocycles. The molecule has 92 valence electrons. The van der Waals surface area contributed by atoms with Crippen LogP contribution in [0.2, 0.25) is 0 Å². The van der Waals surface area contributed by atoms with Crippen molar-refractivity contribution >= 4 is 27.9 Å². The smallest absolute Gasteiger partial charge is 0.315 e. The Morgan fingerprint density at radius 3 is 2.74 bits per heavy atom. The second-order valence-corrected chi connectivity index (χ2v) is 4.18. The molecular weight excluding hydrogens is 240 g/mol. The van der Waals surface area contributed by atoms with Crippen molar-refractivity contribution in [3.8, 4) is 11.8 Å². The molecule has 0 spiro atoms. The second kappa shape index (κ2) is 4.51. The number of carbonyl (C=O) groups is 1. The van der Waals surface area contributed by atoms with Crippen LogP contribution in [0, 0.1) is 11.8 Å². The van der Waals surface area contributed by atoms with Crippen LogP contribution in [-0.2, 0) is 4.79 Å². The van der Waals surface area contributed by atoms with Gasteiger partial charge in [-0.05, 0) is 24.3 Å². The maximum Gasteiger partial charge on any atom is 0.315 e. The summed E-state index contributed by atoms with van der Waals surface area (Å²) in [6.45, 7) is 0. The van der Waals surface area contributed by atoms with Crippen molar-refractivity contribution in [3.63, 3.8) is 0 Å². The molecule has 0 aliphatic carbocycles. The molecule has 0 saturated carbocycles. The van der Waals surface area contributed by atoms with Gasteiger partial charge in [-0.15, -0.1) is 0 Å². The van der Waals surface area contributed by atoms with Crippen LogP contribution in [0.3, 0.4) is 0 Å². The summed E-state index contributed by atoms with van der Waals surface area (Å²) >= 11 is 0. The third-order valence-electron chi connectivity index (χ3n) is 2.85. The van der Waals surface area contributed by atoms with Crippen molar-refractivity contribution in [2.24, 2.45) is 0 Å². The van der Waals surface area contributed by atoms with Gasteiger partial charge >= 0.3 is 5.97 Å². The van der Waals surface area contributed by atoms with Gasteiger partial charge in [-0.2, -0.15) is 0 Å². The number of carboxylic acids is 1. The van der Waals surface area contributed by atoms with Gasteiger partial charge in [0.2, 0.25) is 0 Å². The predicted molar refractivity (Wildman–Crippen MR) is 72.9 cm³/mol. The van der Waals surface area contributed by atoms with E-state index in [0.717, 1.165) is 27.5 Å². The van der Waals surface area contributed by atoms with Gasteiger partial charge in [0.25, 0.3) is 0 Å². The van der Waals surface area contributed by atoms with Crippen LogP contribution < -0.4 is 0 Å². The fourth-order valence-corrected chi connectivity index (χ4v) is 2.03. The third-order valence-corrected chi connectivity index (χ3v) is 2.85. The Kier molecular flexibility index (Phi) is 2.70. The Morgan fingerprint density at radius 1 is 1.11 bits per heavy atom. The molecule has 0 amide bonds. The van der Waals surface area contributed by atoms with Gasteiger partial charge in [-0.3, -0.25) is 4.79 Å². The molecule has 1 N–H and O–H groups in total. The maximum atomic E-state index is 10.4. The lowest BCUT2D eigenvalue weighted by molar-refractivity contribution is -0.135. The minimum absolute atomic E-state index is 0.149. The fraction of sp³-hybridized carbons (Fsp3) is 0.0625. The van der Waals surface area contributed by atoms with E-state index in [1.165, 1.54) is 0 Å². The number of hydrogen-bond acceptors (Lipinski definition) is 2. The number of hydrogen-bond donors (Lipinski definition) is 1. The van der Waals surface area contributed by atoms with Gasteiger partial charge in [-0.1, -0.05) is 30.0 Å². The van der Waals surface area contributed by atoms with Crippen molar-refractivity contribution in [1.82, 2.24) is 0 Å². The summed E-state index contributed by atoms with van der Waals surface area (Å²) in [6.07, 6.45) is -0.149. The van der Waals surface area contributed by atoms with Gasteiger partial charge in [0.05, 0.1) is 0 Å². The van der Waals surface area contributed by atoms with Crippen LogP contribution in [0.1, 0.15) is 12.0 Å². The number of carboxylic acid groups (broad SMARTS) is 1. The first-order valence-corrected chi connectivity index (χ1v) is 5.86. The van der Waals surface area contributed by atoms with Gasteiger partial charge in [0.15, 0.2) is 0 Å². The monoisotopic (exact) mass is 250 g/mol. The fourth-order valence-electron chi connectivity index (χ4n) is 2.03. The number of rotatable bonds is 1. The lowest BCUT2D eigenvalue weighted by atomic mass is 10.1. The van der Waals surface area contributed by atoms with E-state index in [2.05, 4.69) is 11.8 Å². The highest BCUT2D eigenvalue weighted by Gasteiger charge is 2.05. The van der Waals surface area contributed by atoms with E-state index >= 15 is 0 Å². The summed E-state index contributed by atoms with van der Waals surface area (Å²) < 4.78 is 5.71. The Morgan fingerprint density at radius 2 is 1.89 bits per heavy atom. The SMILES string of the molecule is O=C(O)CC#Cc1ccc2oc3ccccc3c2c1. The molecule has 19 heavy (non-hydrogen) atoms. The Balaban J connectivity index is 2.10. The van der Waals surface area contributed by atoms with Crippen LogP contribution in [-0.4, -0.2) is 11.1 Å². The number of fused-ring (bicyclic) bond motifs is 3. The molecule has 0 atom stereocenters. The normalized spacial score (nSPS) is 10.3. The van der Waals surface area contributed by atoms with Crippen LogP contribution >= 0.6 is 0 Å². The first-order valence-electron chi connectivity index (χ1n) is 5.86. The molecule has 0 radical (unpaired) electrons. The van der Waals surface area contributed by atoms with Gasteiger partial charge in [-0.25, -0.2) is 0 Å². The summed E-state index contributed by atoms with van der Waals surface area (Å²) in [6, 6.07) is 13.4. The molecule has 0 unspecified atom stereocenters. The lowest BCUT2D eigenvalue weighted by Crippen LogP contribution is -1.90. The Hall–Kier alpha value is -2.73. The molecule has 0 saturated heterocycles. The van der Waals surface area contributed by atoms with E-state index in [9.17, 15) is 4.79 Å². The molecule has 3 rings (SSSR count). The lowest BCUT2D eigenvalue weighted by Gasteiger charge is -1.91. The zero-order chi connectivity index (χ0) is 13.2. The van der Waals surface area contributed by atoms with Crippen molar-refractivity contribution in [3.05, 3.63) is 48.0 Å². The molecule has 0 fully saturated rings. The van der Waals surface area contributed by atoms with Gasteiger partial charge in [0.1, 0.15) is 17.6 Å². The molecule has 0 bridgehead atoms. The first-order chi connectivity index (χ1) is 9.24. The van der Waals surface area contributed by atoms with E-state index in [1.54, 1.807) is 0 Å². The summed E-state index contributed by atoms with van der Waals surface area (Å²) in [7, 11) is 0. The van der Waals surface area contributed by atoms with Crippen molar-refractivity contribution in [2.75, 3.05) is 0 Å². The molecule has 3 heteroatoms. The second-order valence-electron chi connectivity index (χ2n) is 4.18. The average Bonchev–Trinajstić information content (AvgIpc) is 2.76. The van der Waals surface area contributed by atoms with E-state index in [1.807, 2.05) is 42.5 Å². The highest BCUT2D eigenvalue weighted by Crippen LogP contribution is 2.28. The van der Waals surface area contributed by atoms with Crippen molar-refractivity contribution in [1.29, 1.82) is 0 Å². The number of para-hydroxylation sites is 1. The molecule has 1 heterocycles. The van der Waals surface area contributed by atoms with E-state index in [4.69, 9.17) is 9.52 Å². The standard InChI is InChI=1S/C16H10O3/c17-16(18)7-3-4-11-8-9-15-13(10-11)12-5-1-2-6-14(12)19-15/h1-2,5-6,8-10H,7H2,(H,17,18). The minimum Gasteiger partial charge on any atom is -0.481 e. The largest absolute Gasteiger partial charge is 0.481 e. The summed E-state index contributed by atoms with van der Waals surface area (Å²) in [5, 5.41) is 10.6. The molecule has 3 nitrogen and oxygen atoms in total. The van der Waals surface area contributed by atoms with E-state index in [-0.39, 0.29) is 6.42 Å². The average molecular weight is 250 g/mol. The summed E-state index contributed by atoms with van der Waals surface area (Å²) in [4.78, 5) is 10.4. The zero-order valence-electron chi connectivity index (χ0n) is 10.0. The first kappa shape index (κ1) is 11.4. The highest BCUT2D eigenvalue weighted by atomic mass is 16.4. The Bertz CT molecular complexity index is 831. The highest BCUT2D eigenvalue weighted by molar-refractivity contribution is 6.05. The molecule has 2 aromatic carbocycles. The van der Waals surface area contributed by atoms with Crippen LogP contribution in [0.25, 0.3) is 21.9 Å². The molecule has 1 aromatic heterocycles. The number of benzene rings is 2. The van der Waals surface area contributed by atoms with Crippen molar-refractivity contribution in [2.45, 2.75) is 6.42 Å².